The molecule has 7 heteroatoms. The second-order valence-electron chi connectivity index (χ2n) is 5.42. The third-order valence-corrected chi connectivity index (χ3v) is 3.90. The molecule has 0 amide bonds. The lowest BCUT2D eigenvalue weighted by atomic mass is 10.0. The van der Waals surface area contributed by atoms with Crippen molar-refractivity contribution in [2.45, 2.75) is 0 Å². The zero-order valence-corrected chi connectivity index (χ0v) is 13.0. The molecule has 0 bridgehead atoms. The molecule has 2 aromatic carbocycles. The quantitative estimate of drug-likeness (QED) is 0.532. The van der Waals surface area contributed by atoms with Crippen LogP contribution in [0.1, 0.15) is 10.5 Å². The molecule has 0 saturated heterocycles. The van der Waals surface area contributed by atoms with Crippen molar-refractivity contribution in [1.82, 2.24) is 25.4 Å². The average molecular weight is 331 g/mol. The lowest BCUT2D eigenvalue weighted by molar-refractivity contribution is 0.0691. The second-order valence-corrected chi connectivity index (χ2v) is 5.42. The number of carbonyl (C=O) groups is 1. The number of aromatic carboxylic acids is 1. The molecule has 2 aromatic heterocycles. The highest BCUT2D eigenvalue weighted by Crippen LogP contribution is 2.26. The smallest absolute Gasteiger partial charge is 0.358 e. The van der Waals surface area contributed by atoms with Gasteiger partial charge in [-0.25, -0.2) is 9.78 Å². The van der Waals surface area contributed by atoms with E-state index in [1.54, 1.807) is 12.4 Å². The van der Waals surface area contributed by atoms with Crippen LogP contribution in [-0.4, -0.2) is 36.5 Å². The van der Waals surface area contributed by atoms with Crippen molar-refractivity contribution in [3.8, 4) is 33.8 Å². The van der Waals surface area contributed by atoms with Gasteiger partial charge in [-0.1, -0.05) is 48.5 Å². The summed E-state index contributed by atoms with van der Waals surface area (Å²) in [6.45, 7) is 0. The first kappa shape index (κ1) is 14.8. The van der Waals surface area contributed by atoms with E-state index in [-0.39, 0.29) is 5.69 Å². The average Bonchev–Trinajstić information content (AvgIpc) is 3.34. The number of aromatic nitrogens is 5. The highest BCUT2D eigenvalue weighted by molar-refractivity contribution is 5.92. The lowest BCUT2D eigenvalue weighted by Crippen LogP contribution is -1.99. The van der Waals surface area contributed by atoms with Crippen LogP contribution >= 0.6 is 0 Å². The van der Waals surface area contributed by atoms with Gasteiger partial charge in [0, 0.05) is 23.5 Å². The van der Waals surface area contributed by atoms with E-state index in [1.165, 1.54) is 0 Å². The van der Waals surface area contributed by atoms with E-state index in [0.29, 0.717) is 11.3 Å². The number of imidazole rings is 1. The number of benzene rings is 2. The Bertz CT molecular complexity index is 1000. The van der Waals surface area contributed by atoms with Crippen molar-refractivity contribution in [1.29, 1.82) is 0 Å². The Hall–Kier alpha value is -3.74. The molecule has 4 rings (SSSR count). The number of rotatable bonds is 4. The summed E-state index contributed by atoms with van der Waals surface area (Å²) >= 11 is 0. The first-order chi connectivity index (χ1) is 12.2. The minimum atomic E-state index is -1.11. The number of carboxylic acid groups (broad SMARTS) is 1. The van der Waals surface area contributed by atoms with E-state index in [9.17, 15) is 4.79 Å². The zero-order valence-electron chi connectivity index (χ0n) is 13.0. The Morgan fingerprint density at radius 2 is 1.44 bits per heavy atom. The molecule has 0 aliphatic carbocycles. The van der Waals surface area contributed by atoms with Crippen molar-refractivity contribution in [2.24, 2.45) is 0 Å². The van der Waals surface area contributed by atoms with Crippen molar-refractivity contribution >= 4 is 5.97 Å². The summed E-state index contributed by atoms with van der Waals surface area (Å²) < 4.78 is 0. The number of H-pyrrole nitrogens is 2. The van der Waals surface area contributed by atoms with Gasteiger partial charge >= 0.3 is 5.97 Å². The number of hydrogen-bond acceptors (Lipinski definition) is 4. The Labute approximate surface area is 142 Å². The molecule has 0 saturated carbocycles. The van der Waals surface area contributed by atoms with Gasteiger partial charge in [-0.05, 0) is 11.1 Å². The van der Waals surface area contributed by atoms with Crippen molar-refractivity contribution in [3.63, 3.8) is 0 Å². The summed E-state index contributed by atoms with van der Waals surface area (Å²) in [6.07, 6.45) is 3.51. The standard InChI is InChI=1S/C18H13N5O2/c24-18(25)16-15(21-23-22-16)13-5-1-11(2-6-13)12-3-7-14(8-4-12)17-19-9-10-20-17/h1-10H,(H,19,20)(H,24,25)(H,21,22,23). The SMILES string of the molecule is O=C(O)c1n[nH]nc1-c1ccc(-c2ccc(-c3ncc[nH]3)cc2)cc1. The minimum Gasteiger partial charge on any atom is -0.476 e. The molecule has 0 aliphatic heterocycles. The van der Waals surface area contributed by atoms with Gasteiger partial charge in [0.15, 0.2) is 5.69 Å². The predicted molar refractivity (Wildman–Crippen MR) is 91.8 cm³/mol. The summed E-state index contributed by atoms with van der Waals surface area (Å²) in [4.78, 5) is 18.5. The van der Waals surface area contributed by atoms with Crippen LogP contribution in [0.4, 0.5) is 0 Å². The number of carboxylic acids is 1. The lowest BCUT2D eigenvalue weighted by Gasteiger charge is -2.05. The summed E-state index contributed by atoms with van der Waals surface area (Å²) in [6, 6.07) is 15.6. The minimum absolute atomic E-state index is 0.0875. The molecule has 4 aromatic rings. The molecule has 3 N–H and O–H groups in total. The molecule has 0 fully saturated rings. The highest BCUT2D eigenvalue weighted by Gasteiger charge is 2.16. The summed E-state index contributed by atoms with van der Waals surface area (Å²) in [5.74, 6) is -0.282. The third kappa shape index (κ3) is 2.78. The topological polar surface area (TPSA) is 108 Å². The number of hydrogen-bond donors (Lipinski definition) is 3. The number of nitrogens with zero attached hydrogens (tertiary/aromatic N) is 3. The van der Waals surface area contributed by atoms with Crippen LogP contribution in [-0.2, 0) is 0 Å². The molecule has 0 aliphatic rings. The molecule has 0 spiro atoms. The molecule has 0 radical (unpaired) electrons. The van der Waals surface area contributed by atoms with Crippen LogP contribution in [0.5, 0.6) is 0 Å². The van der Waals surface area contributed by atoms with Crippen LogP contribution in [0, 0.1) is 0 Å². The normalized spacial score (nSPS) is 10.7. The van der Waals surface area contributed by atoms with Gasteiger partial charge in [0.25, 0.3) is 0 Å². The zero-order chi connectivity index (χ0) is 17.2. The van der Waals surface area contributed by atoms with Crippen LogP contribution in [0.15, 0.2) is 60.9 Å². The number of nitrogens with one attached hydrogen (secondary N) is 2. The summed E-state index contributed by atoms with van der Waals surface area (Å²) in [5.41, 5.74) is 4.03. The Balaban J connectivity index is 1.62. The molecule has 25 heavy (non-hydrogen) atoms. The second kappa shape index (κ2) is 6.04. The van der Waals surface area contributed by atoms with E-state index in [4.69, 9.17) is 5.11 Å². The van der Waals surface area contributed by atoms with Crippen molar-refractivity contribution < 1.29 is 9.90 Å². The van der Waals surface area contributed by atoms with Gasteiger partial charge in [0.2, 0.25) is 0 Å². The van der Waals surface area contributed by atoms with Gasteiger partial charge in [-0.15, -0.1) is 5.10 Å². The number of aromatic amines is 2. The van der Waals surface area contributed by atoms with Gasteiger partial charge in [-0.2, -0.15) is 10.3 Å². The van der Waals surface area contributed by atoms with E-state index >= 15 is 0 Å². The van der Waals surface area contributed by atoms with Gasteiger partial charge in [0.05, 0.1) is 0 Å². The van der Waals surface area contributed by atoms with E-state index in [1.807, 2.05) is 48.5 Å². The van der Waals surface area contributed by atoms with E-state index in [2.05, 4.69) is 25.4 Å². The summed E-state index contributed by atoms with van der Waals surface area (Å²) in [5, 5.41) is 19.1. The monoisotopic (exact) mass is 331 g/mol. The van der Waals surface area contributed by atoms with Crippen LogP contribution in [0.25, 0.3) is 33.8 Å². The fourth-order valence-corrected chi connectivity index (χ4v) is 2.65. The Morgan fingerprint density at radius 1 is 0.840 bits per heavy atom. The van der Waals surface area contributed by atoms with E-state index in [0.717, 1.165) is 22.5 Å². The van der Waals surface area contributed by atoms with Crippen LogP contribution in [0.3, 0.4) is 0 Å². The first-order valence-corrected chi connectivity index (χ1v) is 7.57. The van der Waals surface area contributed by atoms with Gasteiger partial charge in [0.1, 0.15) is 11.5 Å². The molecule has 7 nitrogen and oxygen atoms in total. The fourth-order valence-electron chi connectivity index (χ4n) is 2.65. The predicted octanol–water partition coefficient (Wildman–Crippen LogP) is 3.23. The fraction of sp³-hybridized carbons (Fsp3) is 0. The van der Waals surface area contributed by atoms with Gasteiger partial charge in [-0.3, -0.25) is 0 Å². The maximum atomic E-state index is 11.1. The molecule has 122 valence electrons. The van der Waals surface area contributed by atoms with Gasteiger partial charge < -0.3 is 10.1 Å². The molecule has 2 heterocycles. The van der Waals surface area contributed by atoms with Crippen molar-refractivity contribution in [2.75, 3.05) is 0 Å². The van der Waals surface area contributed by atoms with Crippen LogP contribution < -0.4 is 0 Å². The Kier molecular flexibility index (Phi) is 3.59. The molecule has 0 unspecified atom stereocenters. The molecular formula is C18H13N5O2. The maximum absolute atomic E-state index is 11.1. The molecule has 0 atom stereocenters. The Morgan fingerprint density at radius 3 is 2.00 bits per heavy atom. The maximum Gasteiger partial charge on any atom is 0.358 e. The van der Waals surface area contributed by atoms with Crippen LogP contribution in [0.2, 0.25) is 0 Å². The first-order valence-electron chi connectivity index (χ1n) is 7.57. The highest BCUT2D eigenvalue weighted by atomic mass is 16.4. The third-order valence-electron chi connectivity index (χ3n) is 3.90. The molecular weight excluding hydrogens is 318 g/mol. The van der Waals surface area contributed by atoms with E-state index < -0.39 is 5.97 Å². The summed E-state index contributed by atoms with van der Waals surface area (Å²) in [7, 11) is 0. The largest absolute Gasteiger partial charge is 0.476 e. The van der Waals surface area contributed by atoms with Crippen molar-refractivity contribution in [3.05, 3.63) is 66.6 Å².